The molecule has 0 fully saturated rings. The number of carbonyl (C=O) groups excluding carboxylic acids is 1. The van der Waals surface area contributed by atoms with E-state index in [0.29, 0.717) is 17.1 Å². The number of esters is 1. The average Bonchev–Trinajstić information content (AvgIpc) is 2.76. The molecular weight excluding hydrogens is 240 g/mol. The number of hydrogen-bond donors (Lipinski definition) is 0. The molecule has 3 rings (SSSR count). The fourth-order valence-corrected chi connectivity index (χ4v) is 2.05. The molecule has 2 aromatic carbocycles. The van der Waals surface area contributed by atoms with E-state index in [1.54, 1.807) is 13.2 Å². The Labute approximate surface area is 111 Å². The zero-order valence-electron chi connectivity index (χ0n) is 10.4. The summed E-state index contributed by atoms with van der Waals surface area (Å²) in [4.78, 5) is 11.8. The summed E-state index contributed by atoms with van der Waals surface area (Å²) < 4.78 is 10.4. The van der Waals surface area contributed by atoms with Crippen LogP contribution >= 0.6 is 0 Å². The Hall–Kier alpha value is -2.55. The Balaban J connectivity index is 2.05. The Kier molecular flexibility index (Phi) is 2.80. The SMILES string of the molecule is COc1ccc2c(c1)C(=O)O/C2=C\c1ccccc1. The van der Waals surface area contributed by atoms with Crippen molar-refractivity contribution in [3.8, 4) is 5.75 Å². The maximum absolute atomic E-state index is 11.8. The van der Waals surface area contributed by atoms with Crippen LogP contribution in [0.5, 0.6) is 5.75 Å². The normalized spacial score (nSPS) is 15.2. The van der Waals surface area contributed by atoms with Crippen molar-refractivity contribution in [1.82, 2.24) is 0 Å². The second-order valence-corrected chi connectivity index (χ2v) is 4.22. The molecule has 0 saturated carbocycles. The van der Waals surface area contributed by atoms with Crippen molar-refractivity contribution in [1.29, 1.82) is 0 Å². The van der Waals surface area contributed by atoms with Gasteiger partial charge in [0.2, 0.25) is 0 Å². The molecule has 0 unspecified atom stereocenters. The highest BCUT2D eigenvalue weighted by atomic mass is 16.5. The predicted molar refractivity (Wildman–Crippen MR) is 72.7 cm³/mol. The van der Waals surface area contributed by atoms with Crippen molar-refractivity contribution in [3.05, 3.63) is 65.2 Å². The lowest BCUT2D eigenvalue weighted by atomic mass is 10.1. The molecule has 0 radical (unpaired) electrons. The predicted octanol–water partition coefficient (Wildman–Crippen LogP) is 3.36. The summed E-state index contributed by atoms with van der Waals surface area (Å²) in [5.41, 5.74) is 2.34. The molecule has 1 aliphatic heterocycles. The lowest BCUT2D eigenvalue weighted by molar-refractivity contribution is 0.0717. The van der Waals surface area contributed by atoms with Crippen LogP contribution < -0.4 is 4.74 Å². The Morgan fingerprint density at radius 2 is 1.84 bits per heavy atom. The number of methoxy groups -OCH3 is 1. The molecule has 2 aromatic rings. The Bertz CT molecular complexity index is 657. The summed E-state index contributed by atoms with van der Waals surface area (Å²) in [7, 11) is 1.57. The smallest absolute Gasteiger partial charge is 0.344 e. The summed E-state index contributed by atoms with van der Waals surface area (Å²) >= 11 is 0. The van der Waals surface area contributed by atoms with E-state index in [2.05, 4.69) is 0 Å². The van der Waals surface area contributed by atoms with Gasteiger partial charge >= 0.3 is 5.97 Å². The highest BCUT2D eigenvalue weighted by molar-refractivity contribution is 6.06. The summed E-state index contributed by atoms with van der Waals surface area (Å²) in [5, 5.41) is 0. The fraction of sp³-hybridized carbons (Fsp3) is 0.0625. The van der Waals surface area contributed by atoms with Crippen LogP contribution in [0.15, 0.2) is 48.5 Å². The number of benzene rings is 2. The van der Waals surface area contributed by atoms with Gasteiger partial charge in [-0.3, -0.25) is 0 Å². The maximum Gasteiger partial charge on any atom is 0.344 e. The molecule has 0 N–H and O–H groups in total. The molecule has 0 spiro atoms. The number of hydrogen-bond acceptors (Lipinski definition) is 3. The van der Waals surface area contributed by atoms with Crippen LogP contribution in [0.3, 0.4) is 0 Å². The minimum absolute atomic E-state index is 0.337. The third-order valence-electron chi connectivity index (χ3n) is 3.01. The van der Waals surface area contributed by atoms with Crippen molar-refractivity contribution in [3.63, 3.8) is 0 Å². The zero-order chi connectivity index (χ0) is 13.2. The molecule has 19 heavy (non-hydrogen) atoms. The largest absolute Gasteiger partial charge is 0.497 e. The van der Waals surface area contributed by atoms with Gasteiger partial charge in [-0.05, 0) is 29.8 Å². The lowest BCUT2D eigenvalue weighted by Gasteiger charge is -2.01. The third-order valence-corrected chi connectivity index (χ3v) is 3.01. The van der Waals surface area contributed by atoms with E-state index in [1.807, 2.05) is 48.5 Å². The van der Waals surface area contributed by atoms with Gasteiger partial charge in [-0.25, -0.2) is 4.79 Å². The van der Waals surface area contributed by atoms with Crippen molar-refractivity contribution < 1.29 is 14.3 Å². The highest BCUT2D eigenvalue weighted by Gasteiger charge is 2.26. The molecular formula is C16H12O3. The van der Waals surface area contributed by atoms with Crippen LogP contribution in [-0.2, 0) is 4.74 Å². The molecule has 0 saturated heterocycles. The second kappa shape index (κ2) is 4.61. The molecule has 0 aromatic heterocycles. The molecule has 0 atom stereocenters. The highest BCUT2D eigenvalue weighted by Crippen LogP contribution is 2.33. The molecule has 0 amide bonds. The van der Waals surface area contributed by atoms with Crippen LogP contribution in [0.2, 0.25) is 0 Å². The number of rotatable bonds is 2. The van der Waals surface area contributed by atoms with Crippen molar-refractivity contribution in [2.75, 3.05) is 7.11 Å². The topological polar surface area (TPSA) is 35.5 Å². The standard InChI is InChI=1S/C16H12O3/c1-18-12-7-8-13-14(10-12)16(17)19-15(13)9-11-5-3-2-4-6-11/h2-10H,1H3/b15-9-. The maximum atomic E-state index is 11.8. The fourth-order valence-electron chi connectivity index (χ4n) is 2.05. The van der Waals surface area contributed by atoms with Crippen molar-refractivity contribution in [2.24, 2.45) is 0 Å². The van der Waals surface area contributed by atoms with Gasteiger partial charge in [0.15, 0.2) is 0 Å². The van der Waals surface area contributed by atoms with Crippen molar-refractivity contribution >= 4 is 17.8 Å². The van der Waals surface area contributed by atoms with Gasteiger partial charge in [0.1, 0.15) is 11.5 Å². The van der Waals surface area contributed by atoms with Crippen LogP contribution in [0, 0.1) is 0 Å². The molecule has 0 aliphatic carbocycles. The van der Waals surface area contributed by atoms with Gasteiger partial charge in [-0.1, -0.05) is 30.3 Å². The third kappa shape index (κ3) is 2.10. The van der Waals surface area contributed by atoms with Gasteiger partial charge < -0.3 is 9.47 Å². The minimum atomic E-state index is -0.337. The van der Waals surface area contributed by atoms with Crippen LogP contribution in [0.1, 0.15) is 21.5 Å². The Morgan fingerprint density at radius 1 is 1.05 bits per heavy atom. The molecule has 94 valence electrons. The quantitative estimate of drug-likeness (QED) is 0.769. The number of ether oxygens (including phenoxy) is 2. The second-order valence-electron chi connectivity index (χ2n) is 4.22. The van der Waals surface area contributed by atoms with Crippen LogP contribution in [0.25, 0.3) is 11.8 Å². The molecule has 3 heteroatoms. The van der Waals surface area contributed by atoms with E-state index in [0.717, 1.165) is 11.1 Å². The monoisotopic (exact) mass is 252 g/mol. The van der Waals surface area contributed by atoms with E-state index >= 15 is 0 Å². The number of fused-ring (bicyclic) bond motifs is 1. The molecule has 3 nitrogen and oxygen atoms in total. The van der Waals surface area contributed by atoms with E-state index in [4.69, 9.17) is 9.47 Å². The van der Waals surface area contributed by atoms with Gasteiger partial charge in [0.25, 0.3) is 0 Å². The summed E-state index contributed by atoms with van der Waals surface area (Å²) in [6, 6.07) is 15.1. The van der Waals surface area contributed by atoms with Gasteiger partial charge in [-0.2, -0.15) is 0 Å². The van der Waals surface area contributed by atoms with E-state index < -0.39 is 0 Å². The summed E-state index contributed by atoms with van der Waals surface area (Å²) in [5.74, 6) is 0.890. The van der Waals surface area contributed by atoms with E-state index in [9.17, 15) is 4.79 Å². The van der Waals surface area contributed by atoms with Crippen LogP contribution in [-0.4, -0.2) is 13.1 Å². The first-order valence-corrected chi connectivity index (χ1v) is 5.95. The average molecular weight is 252 g/mol. The van der Waals surface area contributed by atoms with E-state index in [-0.39, 0.29) is 5.97 Å². The zero-order valence-corrected chi connectivity index (χ0v) is 10.4. The van der Waals surface area contributed by atoms with Gasteiger partial charge in [0.05, 0.1) is 12.7 Å². The number of carbonyl (C=O) groups is 1. The first-order valence-electron chi connectivity index (χ1n) is 5.95. The minimum Gasteiger partial charge on any atom is -0.497 e. The van der Waals surface area contributed by atoms with Gasteiger partial charge in [0, 0.05) is 5.56 Å². The lowest BCUT2D eigenvalue weighted by Crippen LogP contribution is -1.94. The summed E-state index contributed by atoms with van der Waals surface area (Å²) in [6.45, 7) is 0. The molecule has 0 bridgehead atoms. The number of cyclic esters (lactones) is 1. The first-order chi connectivity index (χ1) is 9.28. The molecule has 1 heterocycles. The van der Waals surface area contributed by atoms with E-state index in [1.165, 1.54) is 0 Å². The molecule has 1 aliphatic rings. The first kappa shape index (κ1) is 11.5. The van der Waals surface area contributed by atoms with Gasteiger partial charge in [-0.15, -0.1) is 0 Å². The van der Waals surface area contributed by atoms with Crippen LogP contribution in [0.4, 0.5) is 0 Å². The van der Waals surface area contributed by atoms with Crippen molar-refractivity contribution in [2.45, 2.75) is 0 Å². The summed E-state index contributed by atoms with van der Waals surface area (Å²) in [6.07, 6.45) is 1.86. The Morgan fingerprint density at radius 3 is 2.58 bits per heavy atom.